The van der Waals surface area contributed by atoms with E-state index >= 15 is 0 Å². The molecular weight excluding hydrogens is 376 g/mol. The number of hydrogen-bond donors (Lipinski definition) is 2. The molecule has 3 rings (SSSR count). The first-order valence-corrected chi connectivity index (χ1v) is 10.0. The third-order valence-corrected chi connectivity index (χ3v) is 4.62. The summed E-state index contributed by atoms with van der Waals surface area (Å²) in [6.45, 7) is 1.91. The van der Waals surface area contributed by atoms with Crippen molar-refractivity contribution in [1.82, 2.24) is 10.6 Å². The van der Waals surface area contributed by atoms with Crippen LogP contribution in [0.1, 0.15) is 29.3 Å². The lowest BCUT2D eigenvalue weighted by molar-refractivity contribution is -0.120. The molecule has 0 unspecified atom stereocenters. The lowest BCUT2D eigenvalue weighted by Gasteiger charge is -2.14. The molecule has 1 atom stereocenters. The molecule has 5 heteroatoms. The molecule has 2 N–H and O–H groups in total. The van der Waals surface area contributed by atoms with Crippen molar-refractivity contribution in [2.75, 3.05) is 6.54 Å². The number of benzene rings is 3. The fourth-order valence-electron chi connectivity index (χ4n) is 2.99. The Hall–Kier alpha value is -3.60. The third kappa shape index (κ3) is 6.78. The Morgan fingerprint density at radius 2 is 1.43 bits per heavy atom. The van der Waals surface area contributed by atoms with Crippen molar-refractivity contribution in [2.24, 2.45) is 0 Å². The number of ether oxygens (including phenoxy) is 1. The topological polar surface area (TPSA) is 67.4 Å². The summed E-state index contributed by atoms with van der Waals surface area (Å²) in [4.78, 5) is 24.4. The van der Waals surface area contributed by atoms with E-state index in [2.05, 4.69) is 22.8 Å². The Morgan fingerprint density at radius 1 is 0.833 bits per heavy atom. The number of para-hydroxylation sites is 1. The highest BCUT2D eigenvalue weighted by atomic mass is 16.5. The quantitative estimate of drug-likeness (QED) is 0.559. The number of rotatable bonds is 9. The molecule has 3 aromatic carbocycles. The molecule has 0 radical (unpaired) electrons. The number of carbonyl (C=O) groups excluding carboxylic acids is 2. The minimum atomic E-state index is -0.298. The Kier molecular flexibility index (Phi) is 7.61. The number of nitrogens with one attached hydrogen (secondary N) is 2. The number of amides is 2. The maximum atomic E-state index is 12.3. The zero-order chi connectivity index (χ0) is 21.2. The molecule has 0 saturated carbocycles. The number of aryl methyl sites for hydroxylation is 1. The van der Waals surface area contributed by atoms with Gasteiger partial charge in [-0.15, -0.1) is 0 Å². The molecule has 0 heterocycles. The van der Waals surface area contributed by atoms with Crippen LogP contribution in [-0.4, -0.2) is 24.4 Å². The second-order valence-electron chi connectivity index (χ2n) is 7.12. The van der Waals surface area contributed by atoms with Crippen LogP contribution in [0.3, 0.4) is 0 Å². The van der Waals surface area contributed by atoms with Gasteiger partial charge in [-0.25, -0.2) is 0 Å². The van der Waals surface area contributed by atoms with Gasteiger partial charge in [0, 0.05) is 11.6 Å². The fraction of sp³-hybridized carbons (Fsp3) is 0.200. The molecule has 0 fully saturated rings. The van der Waals surface area contributed by atoms with Gasteiger partial charge in [-0.2, -0.15) is 0 Å². The van der Waals surface area contributed by atoms with Crippen molar-refractivity contribution in [1.29, 1.82) is 0 Å². The van der Waals surface area contributed by atoms with Crippen molar-refractivity contribution in [3.8, 4) is 11.5 Å². The second kappa shape index (κ2) is 10.8. The highest BCUT2D eigenvalue weighted by Gasteiger charge is 2.11. The maximum absolute atomic E-state index is 12.3. The van der Waals surface area contributed by atoms with Crippen LogP contribution in [0.4, 0.5) is 0 Å². The largest absolute Gasteiger partial charge is 0.457 e. The summed E-state index contributed by atoms with van der Waals surface area (Å²) < 4.78 is 5.71. The van der Waals surface area contributed by atoms with E-state index in [9.17, 15) is 9.59 Å². The van der Waals surface area contributed by atoms with Crippen molar-refractivity contribution in [3.05, 3.63) is 96.1 Å². The Morgan fingerprint density at radius 3 is 2.10 bits per heavy atom. The summed E-state index contributed by atoms with van der Waals surface area (Å²) in [5.41, 5.74) is 1.71. The molecule has 0 saturated heterocycles. The van der Waals surface area contributed by atoms with Crippen LogP contribution < -0.4 is 15.4 Å². The van der Waals surface area contributed by atoms with Gasteiger partial charge in [-0.1, -0.05) is 48.5 Å². The Labute approximate surface area is 177 Å². The first-order valence-electron chi connectivity index (χ1n) is 10.0. The molecule has 5 nitrogen and oxygen atoms in total. The van der Waals surface area contributed by atoms with Gasteiger partial charge in [0.15, 0.2) is 0 Å². The lowest BCUT2D eigenvalue weighted by Crippen LogP contribution is -2.41. The fourth-order valence-corrected chi connectivity index (χ4v) is 2.99. The highest BCUT2D eigenvalue weighted by molar-refractivity contribution is 5.96. The summed E-state index contributed by atoms with van der Waals surface area (Å²) in [5.74, 6) is 0.872. The van der Waals surface area contributed by atoms with Crippen LogP contribution in [0.5, 0.6) is 11.5 Å². The van der Waals surface area contributed by atoms with E-state index < -0.39 is 0 Å². The predicted octanol–water partition coefficient (Wildman–Crippen LogP) is 4.35. The summed E-state index contributed by atoms with van der Waals surface area (Å²) in [6.07, 6.45) is 1.73. The van der Waals surface area contributed by atoms with Gasteiger partial charge >= 0.3 is 0 Å². The first kappa shape index (κ1) is 21.1. The molecule has 0 aromatic heterocycles. The van der Waals surface area contributed by atoms with Crippen LogP contribution in [0.2, 0.25) is 0 Å². The highest BCUT2D eigenvalue weighted by Crippen LogP contribution is 2.21. The summed E-state index contributed by atoms with van der Waals surface area (Å²) >= 11 is 0. The van der Waals surface area contributed by atoms with Crippen molar-refractivity contribution < 1.29 is 14.3 Å². The van der Waals surface area contributed by atoms with Gasteiger partial charge in [-0.3, -0.25) is 9.59 Å². The molecule has 3 aromatic rings. The van der Waals surface area contributed by atoms with Crippen molar-refractivity contribution in [3.63, 3.8) is 0 Å². The molecule has 2 amide bonds. The summed E-state index contributed by atoms with van der Waals surface area (Å²) in [5, 5.41) is 5.57. The number of carbonyl (C=O) groups is 2. The molecule has 0 spiro atoms. The average Bonchev–Trinajstić information content (AvgIpc) is 2.78. The van der Waals surface area contributed by atoms with Gasteiger partial charge in [0.25, 0.3) is 5.91 Å². The van der Waals surface area contributed by atoms with Crippen LogP contribution in [-0.2, 0) is 11.2 Å². The van der Waals surface area contributed by atoms with Gasteiger partial charge in [0.1, 0.15) is 11.5 Å². The van der Waals surface area contributed by atoms with Crippen LogP contribution in [0, 0.1) is 0 Å². The van der Waals surface area contributed by atoms with Gasteiger partial charge < -0.3 is 15.4 Å². The van der Waals surface area contributed by atoms with Crippen molar-refractivity contribution in [2.45, 2.75) is 25.8 Å². The average molecular weight is 402 g/mol. The molecular formula is C25H26N2O3. The van der Waals surface area contributed by atoms with E-state index in [0.717, 1.165) is 18.6 Å². The molecule has 0 aliphatic carbocycles. The van der Waals surface area contributed by atoms with Crippen LogP contribution >= 0.6 is 0 Å². The standard InChI is InChI=1S/C25H26N2O3/c1-19(12-13-20-8-4-2-5-9-20)27-24(28)18-26-25(29)21-14-16-23(17-15-21)30-22-10-6-3-7-11-22/h2-11,14-17,19H,12-13,18H2,1H3,(H,26,29)(H,27,28)/t19-/m1/s1. The van der Waals surface area contributed by atoms with Crippen LogP contribution in [0.15, 0.2) is 84.9 Å². The van der Waals surface area contributed by atoms with E-state index in [-0.39, 0.29) is 24.4 Å². The zero-order valence-corrected chi connectivity index (χ0v) is 17.0. The lowest BCUT2D eigenvalue weighted by atomic mass is 10.1. The van der Waals surface area contributed by atoms with E-state index in [1.807, 2.05) is 55.5 Å². The second-order valence-corrected chi connectivity index (χ2v) is 7.12. The monoisotopic (exact) mass is 402 g/mol. The molecule has 0 aliphatic rings. The van der Waals surface area contributed by atoms with Crippen LogP contribution in [0.25, 0.3) is 0 Å². The molecule has 30 heavy (non-hydrogen) atoms. The van der Waals surface area contributed by atoms with E-state index in [1.165, 1.54) is 5.56 Å². The zero-order valence-electron chi connectivity index (χ0n) is 17.0. The molecule has 0 bridgehead atoms. The van der Waals surface area contributed by atoms with Crippen molar-refractivity contribution >= 4 is 11.8 Å². The smallest absolute Gasteiger partial charge is 0.251 e. The van der Waals surface area contributed by atoms with Gasteiger partial charge in [0.05, 0.1) is 6.54 Å². The van der Waals surface area contributed by atoms with Gasteiger partial charge in [0.2, 0.25) is 5.91 Å². The van der Waals surface area contributed by atoms with E-state index in [0.29, 0.717) is 11.3 Å². The minimum absolute atomic E-state index is 0.0315. The van der Waals surface area contributed by atoms with E-state index in [1.54, 1.807) is 24.3 Å². The van der Waals surface area contributed by atoms with Gasteiger partial charge in [-0.05, 0) is 61.7 Å². The summed E-state index contributed by atoms with van der Waals surface area (Å²) in [7, 11) is 0. The number of hydrogen-bond acceptors (Lipinski definition) is 3. The Bertz CT molecular complexity index is 941. The Balaban J connectivity index is 1.40. The normalized spacial score (nSPS) is 11.4. The summed E-state index contributed by atoms with van der Waals surface area (Å²) in [6, 6.07) is 26.4. The maximum Gasteiger partial charge on any atom is 0.251 e. The third-order valence-electron chi connectivity index (χ3n) is 4.62. The molecule has 154 valence electrons. The van der Waals surface area contributed by atoms with E-state index in [4.69, 9.17) is 4.74 Å². The first-order chi connectivity index (χ1) is 14.6. The molecule has 0 aliphatic heterocycles. The predicted molar refractivity (Wildman–Crippen MR) is 118 cm³/mol. The SMILES string of the molecule is C[C@H](CCc1ccccc1)NC(=O)CNC(=O)c1ccc(Oc2ccccc2)cc1. The minimum Gasteiger partial charge on any atom is -0.457 e.